The van der Waals surface area contributed by atoms with Gasteiger partial charge in [-0.15, -0.1) is 0 Å². The van der Waals surface area contributed by atoms with E-state index in [9.17, 15) is 19.2 Å². The predicted molar refractivity (Wildman–Crippen MR) is 201 cm³/mol. The summed E-state index contributed by atoms with van der Waals surface area (Å²) in [5, 5.41) is 10.9. The number of ether oxygens (including phenoxy) is 1. The summed E-state index contributed by atoms with van der Waals surface area (Å²) in [5.74, 6) is 1.54. The Balaban J connectivity index is 0.00000248. The molecule has 4 unspecified atom stereocenters. The quantitative estimate of drug-likeness (QED) is 0.205. The van der Waals surface area contributed by atoms with Crippen LogP contribution in [0.2, 0.25) is 5.02 Å². The maximum absolute atomic E-state index is 14.4. The number of hydrogen-bond donors (Lipinski definition) is 2. The highest BCUT2D eigenvalue weighted by molar-refractivity contribution is 6.31. The smallest absolute Gasteiger partial charge is 0.307 e. The average molecular weight is 724 g/mol. The number of aliphatic hydroxyl groups excluding tert-OH is 1. The lowest BCUT2D eigenvalue weighted by molar-refractivity contribution is -0.213. The van der Waals surface area contributed by atoms with Gasteiger partial charge in [0.2, 0.25) is 5.91 Å². The average Bonchev–Trinajstić information content (AvgIpc) is 3.39. The number of fused-ring (bicyclic) bond motifs is 7. The van der Waals surface area contributed by atoms with Gasteiger partial charge >= 0.3 is 5.97 Å². The van der Waals surface area contributed by atoms with Gasteiger partial charge in [-0.25, -0.2) is 0 Å². The molecule has 8 heteroatoms. The lowest BCUT2D eigenvalue weighted by Gasteiger charge is -2.68. The molecule has 2 N–H and O–H groups in total. The van der Waals surface area contributed by atoms with Crippen LogP contribution in [0, 0.1) is 56.7 Å². The number of amides is 1. The summed E-state index contributed by atoms with van der Waals surface area (Å²) in [6.45, 7) is 17.8. The van der Waals surface area contributed by atoms with Crippen LogP contribution in [0.3, 0.4) is 0 Å². The molecule has 0 aliphatic heterocycles. The van der Waals surface area contributed by atoms with Gasteiger partial charge < -0.3 is 20.0 Å². The molecule has 1 aromatic rings. The number of esters is 1. The Hall–Kier alpha value is -2.51. The van der Waals surface area contributed by atoms with Crippen molar-refractivity contribution < 1.29 is 29.0 Å². The van der Waals surface area contributed by atoms with Gasteiger partial charge in [-0.05, 0) is 115 Å². The van der Waals surface area contributed by atoms with E-state index in [-0.39, 0.29) is 64.7 Å². The van der Waals surface area contributed by atoms with E-state index in [2.05, 4.69) is 46.9 Å². The zero-order valence-corrected chi connectivity index (χ0v) is 33.3. The Morgan fingerprint density at radius 3 is 2.29 bits per heavy atom. The summed E-state index contributed by atoms with van der Waals surface area (Å²) in [7, 11) is 1.00. The molecule has 4 saturated carbocycles. The monoisotopic (exact) mass is 723 g/mol. The second-order valence-corrected chi connectivity index (χ2v) is 19.0. The molecule has 282 valence electrons. The van der Waals surface area contributed by atoms with Gasteiger partial charge in [-0.1, -0.05) is 85.2 Å². The van der Waals surface area contributed by atoms with Gasteiger partial charge in [0.25, 0.3) is 0 Å². The number of halogens is 1. The fraction of sp³-hybridized carbons (Fsp3) is 0.721. The zero-order valence-electron chi connectivity index (χ0n) is 32.5. The number of rotatable bonds is 8. The molecule has 51 heavy (non-hydrogen) atoms. The molecule has 5 aliphatic carbocycles. The first-order chi connectivity index (χ1) is 23.9. The normalized spacial score (nSPS) is 35.4. The van der Waals surface area contributed by atoms with E-state index in [4.69, 9.17) is 21.4 Å². The summed E-state index contributed by atoms with van der Waals surface area (Å²) in [6, 6.07) is 7.62. The van der Waals surface area contributed by atoms with Crippen molar-refractivity contribution in [2.45, 2.75) is 132 Å². The highest BCUT2D eigenvalue weighted by Gasteiger charge is 2.67. The van der Waals surface area contributed by atoms with Gasteiger partial charge in [0.1, 0.15) is 12.4 Å². The first-order valence-corrected chi connectivity index (χ1v) is 19.7. The standard InChI is InChI=1S/C42H58ClNO5.CH4O/c1-25(2)35-30(46)21-42(37(48)44-23-26-11-9-10-12-29(26)43)20-15-28-27(36(35)42)13-14-32-40(28,7)18-16-31-39(5,6)33(17-19-41(31,32)8)49-34(47)22-38(3,4)24-45;1-2/h9-12,24-25,27-28,31-33H,13-23H2,1-8H3,(H,44,48);2H,1H3/t27?,28?,31?,32?,33-,40-,41-,42+;/m0./s1. The lowest BCUT2D eigenvalue weighted by atomic mass is 9.36. The van der Waals surface area contributed by atoms with Crippen LogP contribution in [-0.2, 0) is 30.5 Å². The molecule has 0 bridgehead atoms. The number of hydrogen-bond acceptors (Lipinski definition) is 6. The summed E-state index contributed by atoms with van der Waals surface area (Å²) in [5.41, 5.74) is 1.50. The minimum Gasteiger partial charge on any atom is -0.462 e. The number of allylic oxidation sites excluding steroid dienone is 1. The Kier molecular flexibility index (Phi) is 11.2. The molecular formula is C43H62ClNO6. The number of nitrogens with one attached hydrogen (secondary N) is 1. The first kappa shape index (κ1) is 39.7. The molecule has 7 nitrogen and oxygen atoms in total. The zero-order chi connectivity index (χ0) is 37.7. The molecule has 0 saturated heterocycles. The summed E-state index contributed by atoms with van der Waals surface area (Å²) in [6.07, 6.45) is 8.85. The molecule has 6 rings (SSSR count). The van der Waals surface area contributed by atoms with Gasteiger partial charge in [0.15, 0.2) is 5.78 Å². The highest BCUT2D eigenvalue weighted by Crippen LogP contribution is 2.73. The van der Waals surface area contributed by atoms with Crippen molar-refractivity contribution in [2.75, 3.05) is 7.11 Å². The van der Waals surface area contributed by atoms with E-state index in [1.807, 2.05) is 24.3 Å². The third-order valence-corrected chi connectivity index (χ3v) is 14.9. The topological polar surface area (TPSA) is 110 Å². The minimum atomic E-state index is -0.772. The molecule has 0 radical (unpaired) electrons. The molecule has 0 aromatic heterocycles. The van der Waals surface area contributed by atoms with E-state index in [0.717, 1.165) is 69.5 Å². The number of carbonyl (C=O) groups is 4. The van der Waals surface area contributed by atoms with Crippen LogP contribution in [0.1, 0.15) is 125 Å². The van der Waals surface area contributed by atoms with Crippen molar-refractivity contribution in [3.63, 3.8) is 0 Å². The number of aldehydes is 1. The van der Waals surface area contributed by atoms with Crippen molar-refractivity contribution in [3.05, 3.63) is 46.0 Å². The van der Waals surface area contributed by atoms with Crippen molar-refractivity contribution in [3.8, 4) is 0 Å². The maximum atomic E-state index is 14.4. The van der Waals surface area contributed by atoms with Gasteiger partial charge in [-0.2, -0.15) is 0 Å². The maximum Gasteiger partial charge on any atom is 0.307 e. The van der Waals surface area contributed by atoms with Crippen molar-refractivity contribution in [1.29, 1.82) is 0 Å². The summed E-state index contributed by atoms with van der Waals surface area (Å²) < 4.78 is 6.18. The number of Topliss-reactive ketones (excluding diaryl/α,β-unsaturated/α-hetero) is 1. The van der Waals surface area contributed by atoms with Gasteiger partial charge in [0.05, 0.1) is 11.8 Å². The van der Waals surface area contributed by atoms with Crippen LogP contribution in [0.5, 0.6) is 0 Å². The second kappa shape index (κ2) is 14.4. The van der Waals surface area contributed by atoms with Crippen molar-refractivity contribution in [1.82, 2.24) is 5.32 Å². The van der Waals surface area contributed by atoms with Gasteiger partial charge in [0, 0.05) is 35.9 Å². The molecule has 0 spiro atoms. The van der Waals surface area contributed by atoms with E-state index in [1.54, 1.807) is 13.8 Å². The Bertz CT molecular complexity index is 1560. The molecule has 5 aliphatic rings. The number of aliphatic hydroxyl groups is 1. The molecule has 8 atom stereocenters. The number of carbonyl (C=O) groups excluding carboxylic acids is 4. The third kappa shape index (κ3) is 6.66. The fourth-order valence-corrected chi connectivity index (χ4v) is 12.6. The number of benzene rings is 1. The Labute approximate surface area is 311 Å². The van der Waals surface area contributed by atoms with E-state index in [0.29, 0.717) is 35.7 Å². The van der Waals surface area contributed by atoms with Crippen LogP contribution in [0.25, 0.3) is 0 Å². The first-order valence-electron chi connectivity index (χ1n) is 19.3. The third-order valence-electron chi connectivity index (χ3n) is 14.6. The van der Waals surface area contributed by atoms with Gasteiger partial charge in [-0.3, -0.25) is 14.4 Å². The summed E-state index contributed by atoms with van der Waals surface area (Å²) in [4.78, 5) is 52.7. The van der Waals surface area contributed by atoms with Crippen LogP contribution in [-0.4, -0.2) is 42.3 Å². The largest absolute Gasteiger partial charge is 0.462 e. The van der Waals surface area contributed by atoms with Crippen molar-refractivity contribution >= 4 is 35.5 Å². The van der Waals surface area contributed by atoms with Crippen molar-refractivity contribution in [2.24, 2.45) is 56.7 Å². The Morgan fingerprint density at radius 1 is 0.980 bits per heavy atom. The molecule has 0 heterocycles. The van der Waals surface area contributed by atoms with Crippen LogP contribution < -0.4 is 5.32 Å². The Morgan fingerprint density at radius 2 is 1.65 bits per heavy atom. The predicted octanol–water partition coefficient (Wildman–Crippen LogP) is 8.68. The van der Waals surface area contributed by atoms with E-state index >= 15 is 0 Å². The molecular weight excluding hydrogens is 662 g/mol. The SMILES string of the molecule is CC(C)C1=C2C3CCC4[C@@](C)(CCC5C(C)(C)[C@@H](OC(=O)CC(C)(C)C=O)CC[C@@]54C)C3CC[C@@]2(C(=O)NCc2ccccc2Cl)CC1=O.CO. The van der Waals surface area contributed by atoms with E-state index < -0.39 is 10.8 Å². The minimum absolute atomic E-state index is 0.0148. The summed E-state index contributed by atoms with van der Waals surface area (Å²) >= 11 is 6.45. The van der Waals surface area contributed by atoms with Crippen LogP contribution >= 0.6 is 11.6 Å². The molecule has 1 aromatic carbocycles. The molecule has 1 amide bonds. The molecule has 4 fully saturated rings. The van der Waals surface area contributed by atoms with E-state index in [1.165, 1.54) is 5.57 Å². The van der Waals surface area contributed by atoms with Crippen LogP contribution in [0.4, 0.5) is 0 Å². The van der Waals surface area contributed by atoms with Crippen LogP contribution in [0.15, 0.2) is 35.4 Å². The number of ketones is 1. The second-order valence-electron chi connectivity index (χ2n) is 18.5. The highest BCUT2D eigenvalue weighted by atomic mass is 35.5. The fourth-order valence-electron chi connectivity index (χ4n) is 12.4. The lowest BCUT2D eigenvalue weighted by Crippen LogP contribution is -2.63.